The van der Waals surface area contributed by atoms with Gasteiger partial charge in [0, 0.05) is 11.4 Å². The molecule has 0 aliphatic heterocycles. The molecule has 4 nitrogen and oxygen atoms in total. The highest BCUT2D eigenvalue weighted by molar-refractivity contribution is 7.98. The Bertz CT molecular complexity index is 626. The summed E-state index contributed by atoms with van der Waals surface area (Å²) < 4.78 is 10.7. The summed E-state index contributed by atoms with van der Waals surface area (Å²) in [6.45, 7) is 2.22. The number of benzene rings is 2. The largest absolute Gasteiger partial charge is 0.497 e. The van der Waals surface area contributed by atoms with Crippen LogP contribution in [0.1, 0.15) is 12.5 Å². The SMILES string of the molecule is COc1ccc(OC(C)C(=O)NCc2ccc(SC)cc2)cc1. The van der Waals surface area contributed by atoms with E-state index in [1.54, 1.807) is 50.1 Å². The minimum Gasteiger partial charge on any atom is -0.497 e. The molecule has 0 fully saturated rings. The van der Waals surface area contributed by atoms with Crippen LogP contribution in [0.25, 0.3) is 0 Å². The maximum absolute atomic E-state index is 12.1. The van der Waals surface area contributed by atoms with E-state index in [1.165, 1.54) is 4.90 Å². The summed E-state index contributed by atoms with van der Waals surface area (Å²) in [4.78, 5) is 13.3. The summed E-state index contributed by atoms with van der Waals surface area (Å²) in [6, 6.07) is 15.3. The van der Waals surface area contributed by atoms with E-state index in [2.05, 4.69) is 5.32 Å². The van der Waals surface area contributed by atoms with Gasteiger partial charge in [0.25, 0.3) is 5.91 Å². The molecule has 0 aromatic heterocycles. The molecule has 1 unspecified atom stereocenters. The smallest absolute Gasteiger partial charge is 0.261 e. The van der Waals surface area contributed by atoms with E-state index in [1.807, 2.05) is 30.5 Å². The van der Waals surface area contributed by atoms with Crippen molar-refractivity contribution in [3.63, 3.8) is 0 Å². The van der Waals surface area contributed by atoms with Gasteiger partial charge in [-0.2, -0.15) is 0 Å². The minimum atomic E-state index is -0.561. The van der Waals surface area contributed by atoms with Crippen molar-refractivity contribution in [1.82, 2.24) is 5.32 Å². The molecule has 0 bridgehead atoms. The topological polar surface area (TPSA) is 47.6 Å². The van der Waals surface area contributed by atoms with E-state index in [4.69, 9.17) is 9.47 Å². The van der Waals surface area contributed by atoms with Gasteiger partial charge < -0.3 is 14.8 Å². The van der Waals surface area contributed by atoms with E-state index in [-0.39, 0.29) is 5.91 Å². The molecule has 5 heteroatoms. The molecule has 23 heavy (non-hydrogen) atoms. The predicted molar refractivity (Wildman–Crippen MR) is 93.2 cm³/mol. The van der Waals surface area contributed by atoms with Gasteiger partial charge in [-0.25, -0.2) is 0 Å². The lowest BCUT2D eigenvalue weighted by Gasteiger charge is -2.15. The second-order valence-corrected chi connectivity index (χ2v) is 5.88. The Morgan fingerprint density at radius 2 is 1.70 bits per heavy atom. The second-order valence-electron chi connectivity index (χ2n) is 5.00. The van der Waals surface area contributed by atoms with Gasteiger partial charge in [-0.1, -0.05) is 12.1 Å². The Morgan fingerprint density at radius 3 is 2.26 bits per heavy atom. The van der Waals surface area contributed by atoms with Crippen LogP contribution < -0.4 is 14.8 Å². The zero-order chi connectivity index (χ0) is 16.7. The molecule has 0 saturated heterocycles. The van der Waals surface area contributed by atoms with Crippen molar-refractivity contribution >= 4 is 17.7 Å². The van der Waals surface area contributed by atoms with Gasteiger partial charge >= 0.3 is 0 Å². The molecule has 2 aromatic rings. The molecule has 0 aliphatic carbocycles. The second kappa shape index (κ2) is 8.48. The third-order valence-electron chi connectivity index (χ3n) is 3.37. The van der Waals surface area contributed by atoms with E-state index in [0.717, 1.165) is 11.3 Å². The van der Waals surface area contributed by atoms with Gasteiger partial charge in [0.05, 0.1) is 7.11 Å². The first-order chi connectivity index (χ1) is 11.1. The molecule has 1 atom stereocenters. The average Bonchev–Trinajstić information content (AvgIpc) is 2.60. The van der Waals surface area contributed by atoms with Crippen molar-refractivity contribution in [2.75, 3.05) is 13.4 Å². The summed E-state index contributed by atoms with van der Waals surface area (Å²) in [5.41, 5.74) is 1.06. The summed E-state index contributed by atoms with van der Waals surface area (Å²) in [6.07, 6.45) is 1.48. The molecule has 0 radical (unpaired) electrons. The lowest BCUT2D eigenvalue weighted by Crippen LogP contribution is -2.35. The van der Waals surface area contributed by atoms with Crippen molar-refractivity contribution in [2.24, 2.45) is 0 Å². The molecule has 0 spiro atoms. The maximum Gasteiger partial charge on any atom is 0.261 e. The Hall–Kier alpha value is -2.14. The van der Waals surface area contributed by atoms with Crippen LogP contribution in [0.15, 0.2) is 53.4 Å². The van der Waals surface area contributed by atoms with Crippen LogP contribution in [0.3, 0.4) is 0 Å². The van der Waals surface area contributed by atoms with Crippen LogP contribution in [0.4, 0.5) is 0 Å². The molecule has 1 N–H and O–H groups in total. The highest BCUT2D eigenvalue weighted by Gasteiger charge is 2.14. The quantitative estimate of drug-likeness (QED) is 0.789. The lowest BCUT2D eigenvalue weighted by molar-refractivity contribution is -0.127. The highest BCUT2D eigenvalue weighted by Crippen LogP contribution is 2.18. The Kier molecular flexibility index (Phi) is 6.35. The van der Waals surface area contributed by atoms with Crippen LogP contribution >= 0.6 is 11.8 Å². The number of carbonyl (C=O) groups excluding carboxylic acids is 1. The molecular weight excluding hydrogens is 310 g/mol. The Labute approximate surface area is 141 Å². The van der Waals surface area contributed by atoms with Crippen LogP contribution in [0.5, 0.6) is 11.5 Å². The normalized spacial score (nSPS) is 11.6. The van der Waals surface area contributed by atoms with Crippen LogP contribution in [-0.2, 0) is 11.3 Å². The van der Waals surface area contributed by atoms with E-state index in [9.17, 15) is 4.79 Å². The maximum atomic E-state index is 12.1. The van der Waals surface area contributed by atoms with Crippen molar-refractivity contribution in [3.8, 4) is 11.5 Å². The number of rotatable bonds is 7. The number of thioether (sulfide) groups is 1. The summed E-state index contributed by atoms with van der Waals surface area (Å²) in [5.74, 6) is 1.25. The number of methoxy groups -OCH3 is 1. The zero-order valence-corrected chi connectivity index (χ0v) is 14.4. The van der Waals surface area contributed by atoms with Crippen molar-refractivity contribution in [3.05, 3.63) is 54.1 Å². The molecule has 2 rings (SSSR count). The van der Waals surface area contributed by atoms with E-state index in [0.29, 0.717) is 12.3 Å². The van der Waals surface area contributed by atoms with Gasteiger partial charge in [-0.3, -0.25) is 4.79 Å². The first-order valence-electron chi connectivity index (χ1n) is 7.33. The van der Waals surface area contributed by atoms with Gasteiger partial charge in [0.15, 0.2) is 6.10 Å². The highest BCUT2D eigenvalue weighted by atomic mass is 32.2. The van der Waals surface area contributed by atoms with E-state index < -0.39 is 6.10 Å². The van der Waals surface area contributed by atoms with Crippen LogP contribution in [-0.4, -0.2) is 25.4 Å². The summed E-state index contributed by atoms with van der Waals surface area (Å²) in [5, 5.41) is 2.88. The number of amides is 1. The van der Waals surface area contributed by atoms with Crippen LogP contribution in [0, 0.1) is 0 Å². The fraction of sp³-hybridized carbons (Fsp3) is 0.278. The molecular formula is C18H21NO3S. The standard InChI is InChI=1S/C18H21NO3S/c1-13(22-16-8-6-15(21-2)7-9-16)18(20)19-12-14-4-10-17(23-3)11-5-14/h4-11,13H,12H2,1-3H3,(H,19,20). The average molecular weight is 331 g/mol. The minimum absolute atomic E-state index is 0.144. The monoisotopic (exact) mass is 331 g/mol. The lowest BCUT2D eigenvalue weighted by atomic mass is 10.2. The third-order valence-corrected chi connectivity index (χ3v) is 4.11. The third kappa shape index (κ3) is 5.21. The van der Waals surface area contributed by atoms with Crippen molar-refractivity contribution in [1.29, 1.82) is 0 Å². The predicted octanol–water partition coefficient (Wildman–Crippen LogP) is 3.50. The van der Waals surface area contributed by atoms with Crippen molar-refractivity contribution in [2.45, 2.75) is 24.5 Å². The zero-order valence-electron chi connectivity index (χ0n) is 13.5. The Balaban J connectivity index is 1.83. The summed E-state index contributed by atoms with van der Waals surface area (Å²) >= 11 is 1.69. The first kappa shape index (κ1) is 17.2. The number of hydrogen-bond donors (Lipinski definition) is 1. The first-order valence-corrected chi connectivity index (χ1v) is 8.56. The fourth-order valence-electron chi connectivity index (χ4n) is 1.99. The molecule has 1 amide bonds. The number of nitrogens with one attached hydrogen (secondary N) is 1. The molecule has 0 saturated carbocycles. The molecule has 0 heterocycles. The number of ether oxygens (including phenoxy) is 2. The van der Waals surface area contributed by atoms with Gasteiger partial charge in [-0.05, 0) is 55.1 Å². The van der Waals surface area contributed by atoms with Crippen molar-refractivity contribution < 1.29 is 14.3 Å². The Morgan fingerprint density at radius 1 is 1.09 bits per heavy atom. The summed E-state index contributed by atoms with van der Waals surface area (Å²) in [7, 11) is 1.61. The van der Waals surface area contributed by atoms with Gasteiger partial charge in [-0.15, -0.1) is 11.8 Å². The number of carbonyl (C=O) groups is 1. The molecule has 2 aromatic carbocycles. The molecule has 122 valence electrons. The van der Waals surface area contributed by atoms with Gasteiger partial charge in [0.1, 0.15) is 11.5 Å². The van der Waals surface area contributed by atoms with Crippen LogP contribution in [0.2, 0.25) is 0 Å². The van der Waals surface area contributed by atoms with E-state index >= 15 is 0 Å². The molecule has 0 aliphatic rings. The van der Waals surface area contributed by atoms with Gasteiger partial charge in [0.2, 0.25) is 0 Å². The number of hydrogen-bond acceptors (Lipinski definition) is 4. The fourth-order valence-corrected chi connectivity index (χ4v) is 2.40.